The lowest BCUT2D eigenvalue weighted by atomic mass is 10.0. The molecule has 6 nitrogen and oxygen atoms in total. The molecule has 0 atom stereocenters. The number of rotatable bonds is 4. The molecule has 0 radical (unpaired) electrons. The highest BCUT2D eigenvalue weighted by molar-refractivity contribution is 7.93. The van der Waals surface area contributed by atoms with Crippen molar-refractivity contribution in [2.75, 3.05) is 18.0 Å². The van der Waals surface area contributed by atoms with Crippen molar-refractivity contribution >= 4 is 15.7 Å². The predicted octanol–water partition coefficient (Wildman–Crippen LogP) is 4.11. The number of ether oxygens (including phenoxy) is 1. The van der Waals surface area contributed by atoms with Gasteiger partial charge in [0.1, 0.15) is 16.4 Å². The highest BCUT2D eigenvalue weighted by atomic mass is 32.2. The maximum absolute atomic E-state index is 13.6. The molecule has 0 aliphatic carbocycles. The molecule has 4 rings (SSSR count). The molecule has 2 heterocycles. The lowest BCUT2D eigenvalue weighted by molar-refractivity contribution is 0.393. The molecule has 1 aliphatic heterocycles. The number of sulfonamides is 1. The first-order chi connectivity index (χ1) is 13.4. The molecule has 1 aliphatic rings. The monoisotopic (exact) mass is 398 g/mol. The van der Waals surface area contributed by atoms with Crippen LogP contribution in [-0.2, 0) is 16.4 Å². The van der Waals surface area contributed by atoms with Gasteiger partial charge in [-0.1, -0.05) is 29.4 Å². The van der Waals surface area contributed by atoms with E-state index in [0.717, 1.165) is 35.2 Å². The summed E-state index contributed by atoms with van der Waals surface area (Å²) < 4.78 is 39.4. The van der Waals surface area contributed by atoms with Gasteiger partial charge in [0.2, 0.25) is 0 Å². The number of benzene rings is 2. The second kappa shape index (κ2) is 6.98. The number of fused-ring (bicyclic) bond motifs is 1. The molecular formula is C21H22N2O4S. The molecule has 0 N–H and O–H groups in total. The van der Waals surface area contributed by atoms with Gasteiger partial charge >= 0.3 is 0 Å². The molecule has 0 spiro atoms. The zero-order valence-electron chi connectivity index (χ0n) is 16.1. The van der Waals surface area contributed by atoms with Crippen LogP contribution in [0.4, 0.5) is 5.69 Å². The van der Waals surface area contributed by atoms with Gasteiger partial charge in [-0.05, 0) is 56.0 Å². The first-order valence-corrected chi connectivity index (χ1v) is 10.6. The van der Waals surface area contributed by atoms with Gasteiger partial charge in [-0.2, -0.15) is 0 Å². The molecule has 0 unspecified atom stereocenters. The van der Waals surface area contributed by atoms with E-state index >= 15 is 0 Å². The topological polar surface area (TPSA) is 72.6 Å². The molecule has 0 fully saturated rings. The second-order valence-corrected chi connectivity index (χ2v) is 8.70. The maximum atomic E-state index is 13.6. The molecule has 146 valence electrons. The van der Waals surface area contributed by atoms with Gasteiger partial charge in [-0.25, -0.2) is 8.42 Å². The molecule has 1 aromatic heterocycles. The average Bonchev–Trinajstić information content (AvgIpc) is 3.05. The van der Waals surface area contributed by atoms with Crippen molar-refractivity contribution in [3.8, 4) is 16.9 Å². The molecule has 7 heteroatoms. The fourth-order valence-corrected chi connectivity index (χ4v) is 5.52. The Balaban J connectivity index is 1.87. The zero-order valence-corrected chi connectivity index (χ0v) is 16.9. The van der Waals surface area contributed by atoms with Crippen molar-refractivity contribution in [2.45, 2.75) is 31.6 Å². The molecule has 0 amide bonds. The standard InChI is InChI=1S/C21H22N2O4S/c1-14-21(15(2)27-22-14)17-10-11-19(26-3)20(13-17)28(24,25)23-12-6-8-16-7-4-5-9-18(16)23/h4-5,7,9-11,13H,6,8,12H2,1-3H3. The van der Waals surface area contributed by atoms with E-state index in [1.54, 1.807) is 12.1 Å². The maximum Gasteiger partial charge on any atom is 0.268 e. The summed E-state index contributed by atoms with van der Waals surface area (Å²) in [5, 5.41) is 3.98. The van der Waals surface area contributed by atoms with E-state index in [1.165, 1.54) is 11.4 Å². The summed E-state index contributed by atoms with van der Waals surface area (Å²) in [5.41, 5.74) is 4.03. The van der Waals surface area contributed by atoms with Crippen LogP contribution in [0.5, 0.6) is 5.75 Å². The van der Waals surface area contributed by atoms with Gasteiger partial charge < -0.3 is 9.26 Å². The van der Waals surface area contributed by atoms with Crippen LogP contribution in [0.2, 0.25) is 0 Å². The normalized spacial score (nSPS) is 14.0. The predicted molar refractivity (Wildman–Crippen MR) is 107 cm³/mol. The molecule has 0 saturated carbocycles. The van der Waals surface area contributed by atoms with Gasteiger partial charge in [-0.3, -0.25) is 4.31 Å². The van der Waals surface area contributed by atoms with Gasteiger partial charge in [0.15, 0.2) is 0 Å². The van der Waals surface area contributed by atoms with Crippen molar-refractivity contribution in [1.82, 2.24) is 5.16 Å². The van der Waals surface area contributed by atoms with E-state index in [4.69, 9.17) is 9.26 Å². The zero-order chi connectivity index (χ0) is 19.9. The van der Waals surface area contributed by atoms with E-state index in [1.807, 2.05) is 44.2 Å². The van der Waals surface area contributed by atoms with E-state index in [0.29, 0.717) is 23.7 Å². The molecular weight excluding hydrogens is 376 g/mol. The van der Waals surface area contributed by atoms with Crippen LogP contribution < -0.4 is 9.04 Å². The van der Waals surface area contributed by atoms with Crippen LogP contribution in [0, 0.1) is 13.8 Å². The summed E-state index contributed by atoms with van der Waals surface area (Å²) >= 11 is 0. The molecule has 0 saturated heterocycles. The number of aromatic nitrogens is 1. The van der Waals surface area contributed by atoms with Gasteiger partial charge in [0, 0.05) is 12.1 Å². The Hall–Kier alpha value is -2.80. The number of aryl methyl sites for hydroxylation is 3. The van der Waals surface area contributed by atoms with Crippen molar-refractivity contribution in [1.29, 1.82) is 0 Å². The Morgan fingerprint density at radius 2 is 1.93 bits per heavy atom. The lowest BCUT2D eigenvalue weighted by Crippen LogP contribution is -2.35. The Morgan fingerprint density at radius 1 is 1.14 bits per heavy atom. The van der Waals surface area contributed by atoms with E-state index in [2.05, 4.69) is 5.16 Å². The fraction of sp³-hybridized carbons (Fsp3) is 0.286. The molecule has 28 heavy (non-hydrogen) atoms. The third-order valence-corrected chi connectivity index (χ3v) is 6.96. The summed E-state index contributed by atoms with van der Waals surface area (Å²) in [4.78, 5) is 0.143. The first-order valence-electron chi connectivity index (χ1n) is 9.15. The Bertz CT molecular complexity index is 1120. The van der Waals surface area contributed by atoms with Crippen LogP contribution >= 0.6 is 0 Å². The minimum atomic E-state index is -3.80. The van der Waals surface area contributed by atoms with Gasteiger partial charge in [0.05, 0.1) is 18.5 Å². The van der Waals surface area contributed by atoms with Crippen LogP contribution in [-0.4, -0.2) is 27.2 Å². The molecule has 0 bridgehead atoms. The minimum absolute atomic E-state index is 0.143. The quantitative estimate of drug-likeness (QED) is 0.661. The van der Waals surface area contributed by atoms with Crippen molar-refractivity contribution in [3.63, 3.8) is 0 Å². The molecule has 3 aromatic rings. The Kier molecular flexibility index (Phi) is 4.63. The number of hydrogen-bond acceptors (Lipinski definition) is 5. The number of anilines is 1. The third-order valence-electron chi connectivity index (χ3n) is 5.12. The van der Waals surface area contributed by atoms with E-state index in [9.17, 15) is 8.42 Å². The van der Waals surface area contributed by atoms with Crippen LogP contribution in [0.3, 0.4) is 0 Å². The SMILES string of the molecule is COc1ccc(-c2c(C)noc2C)cc1S(=O)(=O)N1CCCc2ccccc21. The van der Waals surface area contributed by atoms with Crippen molar-refractivity contribution in [2.24, 2.45) is 0 Å². The number of hydrogen-bond donors (Lipinski definition) is 0. The fourth-order valence-electron chi connectivity index (χ4n) is 3.80. The Labute approximate surface area is 164 Å². The summed E-state index contributed by atoms with van der Waals surface area (Å²) in [6, 6.07) is 12.8. The van der Waals surface area contributed by atoms with Crippen LogP contribution in [0.15, 0.2) is 51.9 Å². The van der Waals surface area contributed by atoms with E-state index < -0.39 is 10.0 Å². The van der Waals surface area contributed by atoms with Gasteiger partial charge in [-0.15, -0.1) is 0 Å². The largest absolute Gasteiger partial charge is 0.495 e. The van der Waals surface area contributed by atoms with E-state index in [-0.39, 0.29) is 4.90 Å². The van der Waals surface area contributed by atoms with Crippen molar-refractivity contribution < 1.29 is 17.7 Å². The third kappa shape index (κ3) is 2.96. The highest BCUT2D eigenvalue weighted by Gasteiger charge is 2.32. The van der Waals surface area contributed by atoms with Crippen molar-refractivity contribution in [3.05, 3.63) is 59.5 Å². The average molecular weight is 398 g/mol. The summed E-state index contributed by atoms with van der Waals surface area (Å²) in [5.74, 6) is 0.966. The Morgan fingerprint density at radius 3 is 2.64 bits per heavy atom. The molecule has 2 aromatic carbocycles. The first kappa shape index (κ1) is 18.6. The number of methoxy groups -OCH3 is 1. The second-order valence-electron chi connectivity index (χ2n) is 6.87. The summed E-state index contributed by atoms with van der Waals surface area (Å²) in [6.07, 6.45) is 1.65. The lowest BCUT2D eigenvalue weighted by Gasteiger charge is -2.31. The highest BCUT2D eigenvalue weighted by Crippen LogP contribution is 2.38. The number of nitrogens with zero attached hydrogens (tertiary/aromatic N) is 2. The summed E-state index contributed by atoms with van der Waals surface area (Å²) in [6.45, 7) is 4.10. The smallest absolute Gasteiger partial charge is 0.268 e. The van der Waals surface area contributed by atoms with Crippen LogP contribution in [0.25, 0.3) is 11.1 Å². The van der Waals surface area contributed by atoms with Crippen LogP contribution in [0.1, 0.15) is 23.4 Å². The minimum Gasteiger partial charge on any atom is -0.495 e. The van der Waals surface area contributed by atoms with Gasteiger partial charge in [0.25, 0.3) is 10.0 Å². The summed E-state index contributed by atoms with van der Waals surface area (Å²) in [7, 11) is -2.32. The number of para-hydroxylation sites is 1.